The summed E-state index contributed by atoms with van der Waals surface area (Å²) in [5, 5.41) is 4.68. The Hall–Kier alpha value is -3.18. The third-order valence-corrected chi connectivity index (χ3v) is 6.15. The van der Waals surface area contributed by atoms with Gasteiger partial charge in [-0.3, -0.25) is 4.98 Å². The Morgan fingerprint density at radius 2 is 1.65 bits per heavy atom. The van der Waals surface area contributed by atoms with Crippen LogP contribution >= 0.6 is 0 Å². The van der Waals surface area contributed by atoms with Crippen molar-refractivity contribution in [1.29, 1.82) is 0 Å². The minimum absolute atomic E-state index is 0.974. The molecule has 1 aliphatic heterocycles. The quantitative estimate of drug-likeness (QED) is 0.502. The molecule has 0 unspecified atom stereocenters. The standard InChI is InChI=1S/C26H29N5/c1-4-22-23-7-5-19(21-13-17(2)29-18(3)14-21)15-24(23)30-26(22)20-6-8-25(28-16-20)31-11-9-27-10-12-31/h5-8,13-16,27,30H,4,9-12H2,1-3H3. The van der Waals surface area contributed by atoms with Crippen molar-refractivity contribution >= 4 is 16.7 Å². The number of pyridine rings is 2. The first kappa shape index (κ1) is 19.8. The van der Waals surface area contributed by atoms with Crippen molar-refractivity contribution in [3.8, 4) is 22.4 Å². The predicted octanol–water partition coefficient (Wildman–Crippen LogP) is 4.88. The summed E-state index contributed by atoms with van der Waals surface area (Å²) in [5.74, 6) is 1.06. The van der Waals surface area contributed by atoms with E-state index in [-0.39, 0.29) is 0 Å². The van der Waals surface area contributed by atoms with Crippen LogP contribution in [-0.2, 0) is 6.42 Å². The van der Waals surface area contributed by atoms with Gasteiger partial charge in [0.25, 0.3) is 0 Å². The molecule has 5 heteroatoms. The topological polar surface area (TPSA) is 56.8 Å². The molecule has 0 aliphatic carbocycles. The van der Waals surface area contributed by atoms with Crippen LogP contribution in [0.1, 0.15) is 23.9 Å². The molecule has 4 aromatic rings. The second-order valence-electron chi connectivity index (χ2n) is 8.37. The van der Waals surface area contributed by atoms with Crippen LogP contribution in [0.15, 0.2) is 48.7 Å². The van der Waals surface area contributed by atoms with E-state index in [0.29, 0.717) is 0 Å². The van der Waals surface area contributed by atoms with Crippen molar-refractivity contribution < 1.29 is 0 Å². The minimum atomic E-state index is 0.974. The highest BCUT2D eigenvalue weighted by molar-refractivity contribution is 5.93. The maximum atomic E-state index is 4.78. The Morgan fingerprint density at radius 1 is 0.903 bits per heavy atom. The second kappa shape index (κ2) is 8.16. The molecule has 1 aliphatic rings. The number of hydrogen-bond acceptors (Lipinski definition) is 4. The number of nitrogens with one attached hydrogen (secondary N) is 2. The van der Waals surface area contributed by atoms with Crippen LogP contribution in [0, 0.1) is 13.8 Å². The number of aromatic amines is 1. The lowest BCUT2D eigenvalue weighted by Crippen LogP contribution is -2.43. The minimum Gasteiger partial charge on any atom is -0.354 e. The molecule has 4 heterocycles. The van der Waals surface area contributed by atoms with Gasteiger partial charge in [-0.25, -0.2) is 4.98 Å². The van der Waals surface area contributed by atoms with Gasteiger partial charge in [0.2, 0.25) is 0 Å². The number of hydrogen-bond donors (Lipinski definition) is 2. The number of anilines is 1. The fourth-order valence-electron chi connectivity index (χ4n) is 4.66. The van der Waals surface area contributed by atoms with Gasteiger partial charge in [-0.05, 0) is 67.3 Å². The van der Waals surface area contributed by atoms with E-state index < -0.39 is 0 Å². The monoisotopic (exact) mass is 411 g/mol. The summed E-state index contributed by atoms with van der Waals surface area (Å²) >= 11 is 0. The summed E-state index contributed by atoms with van der Waals surface area (Å²) in [6.07, 6.45) is 2.99. The highest BCUT2D eigenvalue weighted by Gasteiger charge is 2.15. The smallest absolute Gasteiger partial charge is 0.128 e. The SMILES string of the molecule is CCc1c(-c2ccc(N3CCNCC3)nc2)[nH]c2cc(-c3cc(C)nc(C)c3)ccc12. The van der Waals surface area contributed by atoms with Crippen LogP contribution in [0.25, 0.3) is 33.3 Å². The third-order valence-electron chi connectivity index (χ3n) is 6.15. The Morgan fingerprint density at radius 3 is 2.32 bits per heavy atom. The largest absolute Gasteiger partial charge is 0.354 e. The highest BCUT2D eigenvalue weighted by Crippen LogP contribution is 2.34. The lowest BCUT2D eigenvalue weighted by Gasteiger charge is -2.28. The van der Waals surface area contributed by atoms with Crippen molar-refractivity contribution in [2.75, 3.05) is 31.1 Å². The van der Waals surface area contributed by atoms with Gasteiger partial charge in [-0.2, -0.15) is 0 Å². The summed E-state index contributed by atoms with van der Waals surface area (Å²) in [4.78, 5) is 15.3. The first-order chi connectivity index (χ1) is 15.1. The average molecular weight is 412 g/mol. The summed E-state index contributed by atoms with van der Waals surface area (Å²) in [6.45, 7) is 10.4. The molecule has 0 spiro atoms. The number of fused-ring (bicyclic) bond motifs is 1. The number of aromatic nitrogens is 3. The van der Waals surface area contributed by atoms with Gasteiger partial charge >= 0.3 is 0 Å². The molecular formula is C26H29N5. The molecule has 1 saturated heterocycles. The van der Waals surface area contributed by atoms with E-state index in [0.717, 1.165) is 55.4 Å². The molecule has 0 radical (unpaired) electrons. The summed E-state index contributed by atoms with van der Waals surface area (Å²) < 4.78 is 0. The van der Waals surface area contributed by atoms with Crippen molar-refractivity contribution in [3.05, 3.63) is 65.6 Å². The van der Waals surface area contributed by atoms with Crippen molar-refractivity contribution in [3.63, 3.8) is 0 Å². The number of rotatable bonds is 4. The van der Waals surface area contributed by atoms with Gasteiger partial charge < -0.3 is 15.2 Å². The van der Waals surface area contributed by atoms with Gasteiger partial charge in [0.05, 0.1) is 5.69 Å². The van der Waals surface area contributed by atoms with Crippen molar-refractivity contribution in [1.82, 2.24) is 20.3 Å². The number of benzene rings is 1. The second-order valence-corrected chi connectivity index (χ2v) is 8.37. The van der Waals surface area contributed by atoms with E-state index in [1.54, 1.807) is 0 Å². The molecule has 158 valence electrons. The molecule has 1 aromatic carbocycles. The molecule has 5 rings (SSSR count). The fourth-order valence-corrected chi connectivity index (χ4v) is 4.66. The Kier molecular flexibility index (Phi) is 5.20. The number of nitrogens with zero attached hydrogens (tertiary/aromatic N) is 3. The van der Waals surface area contributed by atoms with Crippen LogP contribution in [0.4, 0.5) is 5.82 Å². The maximum Gasteiger partial charge on any atom is 0.128 e. The van der Waals surface area contributed by atoms with Gasteiger partial charge in [-0.15, -0.1) is 0 Å². The molecule has 1 fully saturated rings. The van der Waals surface area contributed by atoms with Gasteiger partial charge in [-0.1, -0.05) is 19.1 Å². The number of H-pyrrole nitrogens is 1. The molecule has 0 atom stereocenters. The zero-order valence-electron chi connectivity index (χ0n) is 18.5. The molecule has 0 saturated carbocycles. The molecule has 0 amide bonds. The first-order valence-corrected chi connectivity index (χ1v) is 11.1. The van der Waals surface area contributed by atoms with Gasteiger partial charge in [0.1, 0.15) is 5.82 Å². The van der Waals surface area contributed by atoms with Crippen LogP contribution in [0.2, 0.25) is 0 Å². The Labute approximate surface area is 183 Å². The Balaban J connectivity index is 1.53. The summed E-state index contributed by atoms with van der Waals surface area (Å²) in [5.41, 5.74) is 9.36. The van der Waals surface area contributed by atoms with Gasteiger partial charge in [0, 0.05) is 60.2 Å². The van der Waals surface area contributed by atoms with Gasteiger partial charge in [0.15, 0.2) is 0 Å². The van der Waals surface area contributed by atoms with Crippen LogP contribution in [0.3, 0.4) is 0 Å². The highest BCUT2D eigenvalue weighted by atomic mass is 15.2. The van der Waals surface area contributed by atoms with Crippen molar-refractivity contribution in [2.45, 2.75) is 27.2 Å². The van der Waals surface area contributed by atoms with E-state index in [4.69, 9.17) is 4.98 Å². The van der Waals surface area contributed by atoms with E-state index in [2.05, 4.69) is 69.6 Å². The van der Waals surface area contributed by atoms with E-state index in [9.17, 15) is 0 Å². The zero-order valence-corrected chi connectivity index (χ0v) is 18.5. The predicted molar refractivity (Wildman–Crippen MR) is 129 cm³/mol. The fraction of sp³-hybridized carbons (Fsp3) is 0.308. The third kappa shape index (κ3) is 3.81. The molecule has 31 heavy (non-hydrogen) atoms. The Bertz CT molecular complexity index is 1200. The zero-order chi connectivity index (χ0) is 21.4. The van der Waals surface area contributed by atoms with Crippen LogP contribution < -0.4 is 10.2 Å². The van der Waals surface area contributed by atoms with Crippen molar-refractivity contribution in [2.24, 2.45) is 0 Å². The summed E-state index contributed by atoms with van der Waals surface area (Å²) in [7, 11) is 0. The maximum absolute atomic E-state index is 4.78. The normalized spacial score (nSPS) is 14.4. The lowest BCUT2D eigenvalue weighted by molar-refractivity contribution is 0.585. The molecule has 0 bridgehead atoms. The van der Waals surface area contributed by atoms with E-state index in [1.807, 2.05) is 20.0 Å². The molecule has 3 aromatic heterocycles. The number of piperazine rings is 1. The first-order valence-electron chi connectivity index (χ1n) is 11.1. The lowest BCUT2D eigenvalue weighted by atomic mass is 10.0. The average Bonchev–Trinajstić information content (AvgIpc) is 3.17. The molecule has 5 nitrogen and oxygen atoms in total. The van der Waals surface area contributed by atoms with Crippen LogP contribution in [-0.4, -0.2) is 41.1 Å². The molecular weight excluding hydrogens is 382 g/mol. The van der Waals surface area contributed by atoms with E-state index in [1.165, 1.54) is 33.3 Å². The number of aryl methyl sites for hydroxylation is 3. The molecule has 2 N–H and O–H groups in total. The van der Waals surface area contributed by atoms with E-state index >= 15 is 0 Å². The van der Waals surface area contributed by atoms with Crippen LogP contribution in [0.5, 0.6) is 0 Å². The summed E-state index contributed by atoms with van der Waals surface area (Å²) in [6, 6.07) is 15.4.